The number of nitrogens with zero attached hydrogens (tertiary/aromatic N) is 2. The molecule has 0 spiro atoms. The number of carboxylic acids is 1. The topological polar surface area (TPSA) is 78.9 Å². The van der Waals surface area contributed by atoms with Crippen molar-refractivity contribution in [2.45, 2.75) is 6.92 Å². The highest BCUT2D eigenvalue weighted by atomic mass is 16.4. The number of hydrogen-bond donors (Lipinski definition) is 2. The maximum absolute atomic E-state index is 10.6. The predicted octanol–water partition coefficient (Wildman–Crippen LogP) is 1.48. The molecule has 0 aliphatic heterocycles. The number of aromatic amines is 1. The highest BCUT2D eigenvalue weighted by Crippen LogP contribution is 2.16. The largest absolute Gasteiger partial charge is 0.477 e. The van der Waals surface area contributed by atoms with E-state index in [0.717, 1.165) is 5.56 Å². The Bertz CT molecular complexity index is 488. The van der Waals surface area contributed by atoms with Crippen molar-refractivity contribution in [1.29, 1.82) is 0 Å². The molecule has 0 atom stereocenters. The second-order valence-electron chi connectivity index (χ2n) is 3.11. The average Bonchev–Trinajstić information content (AvgIpc) is 2.68. The third-order valence-electron chi connectivity index (χ3n) is 2.01. The first-order valence-corrected chi connectivity index (χ1v) is 4.38. The van der Waals surface area contributed by atoms with E-state index in [9.17, 15) is 4.79 Å². The van der Waals surface area contributed by atoms with Crippen LogP contribution in [0, 0.1) is 6.92 Å². The number of aromatic nitrogens is 3. The lowest BCUT2D eigenvalue weighted by molar-refractivity contribution is 0.0691. The van der Waals surface area contributed by atoms with Crippen molar-refractivity contribution >= 4 is 5.97 Å². The number of hydrogen-bond acceptors (Lipinski definition) is 3. The van der Waals surface area contributed by atoms with E-state index >= 15 is 0 Å². The molecule has 2 rings (SSSR count). The maximum atomic E-state index is 10.6. The second kappa shape index (κ2) is 3.53. The Morgan fingerprint density at radius 3 is 2.53 bits per heavy atom. The zero-order valence-corrected chi connectivity index (χ0v) is 8.06. The zero-order chi connectivity index (χ0) is 10.8. The quantitative estimate of drug-likeness (QED) is 0.774. The fourth-order valence-electron chi connectivity index (χ4n) is 1.22. The van der Waals surface area contributed by atoms with Gasteiger partial charge in [0.25, 0.3) is 0 Å². The van der Waals surface area contributed by atoms with E-state index < -0.39 is 5.97 Å². The van der Waals surface area contributed by atoms with Crippen molar-refractivity contribution in [2.24, 2.45) is 0 Å². The lowest BCUT2D eigenvalue weighted by atomic mass is 10.2. The van der Waals surface area contributed by atoms with Gasteiger partial charge in [0.05, 0.1) is 0 Å². The smallest absolute Gasteiger partial charge is 0.352 e. The van der Waals surface area contributed by atoms with Gasteiger partial charge < -0.3 is 10.1 Å². The van der Waals surface area contributed by atoms with Crippen molar-refractivity contribution in [1.82, 2.24) is 15.0 Å². The van der Waals surface area contributed by atoms with Crippen LogP contribution in [0.4, 0.5) is 0 Å². The second-order valence-corrected chi connectivity index (χ2v) is 3.11. The van der Waals surface area contributed by atoms with Gasteiger partial charge in [-0.05, 0) is 19.1 Å². The number of carbonyl (C=O) groups is 1. The van der Waals surface area contributed by atoms with Gasteiger partial charge in [0.15, 0.2) is 0 Å². The van der Waals surface area contributed by atoms with Crippen LogP contribution in [0.5, 0.6) is 0 Å². The molecule has 2 N–H and O–H groups in total. The lowest BCUT2D eigenvalue weighted by Crippen LogP contribution is -1.95. The van der Waals surface area contributed by atoms with Gasteiger partial charge in [0.2, 0.25) is 0 Å². The molecule has 0 saturated heterocycles. The molecule has 2 heterocycles. The first-order valence-electron chi connectivity index (χ1n) is 4.38. The number of carboxylic acid groups (broad SMARTS) is 1. The minimum atomic E-state index is -0.978. The summed E-state index contributed by atoms with van der Waals surface area (Å²) in [5, 5.41) is 8.73. The van der Waals surface area contributed by atoms with Crippen molar-refractivity contribution < 1.29 is 9.90 Å². The minimum absolute atomic E-state index is 0.158. The molecule has 0 fully saturated rings. The Hall–Kier alpha value is -2.17. The van der Waals surface area contributed by atoms with E-state index in [1.165, 1.54) is 6.07 Å². The Kier molecular flexibility index (Phi) is 2.21. The van der Waals surface area contributed by atoms with E-state index in [-0.39, 0.29) is 5.69 Å². The van der Waals surface area contributed by atoms with E-state index in [1.54, 1.807) is 25.4 Å². The highest BCUT2D eigenvalue weighted by Gasteiger charge is 2.07. The van der Waals surface area contributed by atoms with E-state index in [1.807, 2.05) is 0 Å². The molecule has 0 amide bonds. The first kappa shape index (κ1) is 9.39. The van der Waals surface area contributed by atoms with Gasteiger partial charge in [-0.2, -0.15) is 0 Å². The van der Waals surface area contributed by atoms with Gasteiger partial charge in [-0.15, -0.1) is 0 Å². The lowest BCUT2D eigenvalue weighted by Gasteiger charge is -1.96. The van der Waals surface area contributed by atoms with E-state index in [4.69, 9.17) is 5.11 Å². The Morgan fingerprint density at radius 1 is 1.33 bits per heavy atom. The molecule has 0 aromatic carbocycles. The number of aromatic carboxylic acids is 1. The number of aryl methyl sites for hydroxylation is 1. The SMILES string of the molecule is Cc1ncc(-c2ccc(C(=O)O)[nH]2)cn1. The van der Waals surface area contributed by atoms with Crippen LogP contribution in [0.1, 0.15) is 16.3 Å². The highest BCUT2D eigenvalue weighted by molar-refractivity contribution is 5.86. The van der Waals surface area contributed by atoms with Crippen LogP contribution in [-0.2, 0) is 0 Å². The van der Waals surface area contributed by atoms with Crippen molar-refractivity contribution in [2.75, 3.05) is 0 Å². The molecule has 0 aliphatic rings. The van der Waals surface area contributed by atoms with Crippen LogP contribution >= 0.6 is 0 Å². The average molecular weight is 203 g/mol. The molecular weight excluding hydrogens is 194 g/mol. The third-order valence-corrected chi connectivity index (χ3v) is 2.01. The van der Waals surface area contributed by atoms with Gasteiger partial charge in [0, 0.05) is 23.7 Å². The summed E-state index contributed by atoms with van der Waals surface area (Å²) in [7, 11) is 0. The third kappa shape index (κ3) is 1.85. The van der Waals surface area contributed by atoms with Gasteiger partial charge in [-0.3, -0.25) is 0 Å². The summed E-state index contributed by atoms with van der Waals surface area (Å²) < 4.78 is 0. The predicted molar refractivity (Wildman–Crippen MR) is 53.5 cm³/mol. The van der Waals surface area contributed by atoms with E-state index in [0.29, 0.717) is 11.5 Å². The van der Waals surface area contributed by atoms with Gasteiger partial charge >= 0.3 is 5.97 Å². The molecule has 0 radical (unpaired) electrons. The Balaban J connectivity index is 2.37. The molecule has 0 aliphatic carbocycles. The van der Waals surface area contributed by atoms with Gasteiger partial charge in [-0.25, -0.2) is 14.8 Å². The summed E-state index contributed by atoms with van der Waals surface area (Å²) in [6, 6.07) is 3.20. The molecule has 2 aromatic heterocycles. The molecule has 0 saturated carbocycles. The fourth-order valence-corrected chi connectivity index (χ4v) is 1.22. The summed E-state index contributed by atoms with van der Waals surface area (Å²) in [4.78, 5) is 21.5. The normalized spacial score (nSPS) is 10.2. The monoisotopic (exact) mass is 203 g/mol. The van der Waals surface area contributed by atoms with Crippen LogP contribution in [0.15, 0.2) is 24.5 Å². The first-order chi connectivity index (χ1) is 7.16. The molecule has 15 heavy (non-hydrogen) atoms. The van der Waals surface area contributed by atoms with E-state index in [2.05, 4.69) is 15.0 Å². The van der Waals surface area contributed by atoms with Crippen LogP contribution < -0.4 is 0 Å². The van der Waals surface area contributed by atoms with Crippen molar-refractivity contribution in [3.63, 3.8) is 0 Å². The van der Waals surface area contributed by atoms with Crippen LogP contribution in [0.2, 0.25) is 0 Å². The Labute approximate surface area is 85.8 Å². The summed E-state index contributed by atoms with van der Waals surface area (Å²) in [5.74, 6) is -0.293. The summed E-state index contributed by atoms with van der Waals surface area (Å²) in [6.45, 7) is 1.79. The molecule has 0 bridgehead atoms. The van der Waals surface area contributed by atoms with Crippen LogP contribution in [0.25, 0.3) is 11.3 Å². The van der Waals surface area contributed by atoms with Gasteiger partial charge in [0.1, 0.15) is 11.5 Å². The standard InChI is InChI=1S/C10H9N3O2/c1-6-11-4-7(5-12-6)8-2-3-9(13-8)10(14)15/h2-5,13H,1H3,(H,14,15). The molecule has 0 unspecified atom stereocenters. The number of rotatable bonds is 2. The summed E-state index contributed by atoms with van der Waals surface area (Å²) >= 11 is 0. The fraction of sp³-hybridized carbons (Fsp3) is 0.100. The minimum Gasteiger partial charge on any atom is -0.477 e. The van der Waals surface area contributed by atoms with Crippen molar-refractivity contribution in [3.8, 4) is 11.3 Å². The molecule has 5 nitrogen and oxygen atoms in total. The zero-order valence-electron chi connectivity index (χ0n) is 8.06. The number of H-pyrrole nitrogens is 1. The summed E-state index contributed by atoms with van der Waals surface area (Å²) in [6.07, 6.45) is 3.31. The van der Waals surface area contributed by atoms with Gasteiger partial charge in [-0.1, -0.05) is 0 Å². The molecular formula is C10H9N3O2. The molecule has 2 aromatic rings. The van der Waals surface area contributed by atoms with Crippen molar-refractivity contribution in [3.05, 3.63) is 36.0 Å². The maximum Gasteiger partial charge on any atom is 0.352 e. The molecule has 5 heteroatoms. The number of nitrogens with one attached hydrogen (secondary N) is 1. The van der Waals surface area contributed by atoms with Crippen LogP contribution in [-0.4, -0.2) is 26.0 Å². The van der Waals surface area contributed by atoms with Crippen LogP contribution in [0.3, 0.4) is 0 Å². The Morgan fingerprint density at radius 2 is 2.00 bits per heavy atom. The summed E-state index contributed by atoms with van der Waals surface area (Å²) in [5.41, 5.74) is 1.63. The molecule has 76 valence electrons.